The van der Waals surface area contributed by atoms with E-state index >= 15 is 0 Å². The number of anilines is 2. The smallest absolute Gasteiger partial charge is 0.233 e. The van der Waals surface area contributed by atoms with E-state index < -0.39 is 0 Å². The van der Waals surface area contributed by atoms with Crippen molar-refractivity contribution in [3.05, 3.63) is 46.3 Å². The van der Waals surface area contributed by atoms with Crippen LogP contribution < -0.4 is 15.4 Å². The summed E-state index contributed by atoms with van der Waals surface area (Å²) in [5, 5.41) is 13.0. The number of methoxy groups -OCH3 is 1. The summed E-state index contributed by atoms with van der Waals surface area (Å²) in [6.45, 7) is 4.39. The molecule has 0 aliphatic heterocycles. The fraction of sp³-hybridized carbons (Fsp3) is 0.176. The second-order valence-electron chi connectivity index (χ2n) is 5.55. The van der Waals surface area contributed by atoms with Gasteiger partial charge in [-0.1, -0.05) is 14.0 Å². The van der Waals surface area contributed by atoms with Crippen molar-refractivity contribution >= 4 is 52.3 Å². The molecule has 1 aromatic carbocycles. The number of hydrogen-bond acceptors (Lipinski definition) is 6. The SMILES string of the molecule is COc1ccc(-c2ccc(Nc3nc(Cl)ncc3Br)c(P(C)C)c2)nn1. The van der Waals surface area contributed by atoms with E-state index in [0.29, 0.717) is 11.7 Å². The molecule has 0 fully saturated rings. The number of benzene rings is 1. The van der Waals surface area contributed by atoms with Crippen LogP contribution in [0.2, 0.25) is 5.28 Å². The van der Waals surface area contributed by atoms with Gasteiger partial charge in [-0.15, -0.1) is 10.2 Å². The normalized spacial score (nSPS) is 10.8. The summed E-state index contributed by atoms with van der Waals surface area (Å²) in [7, 11) is 1.20. The molecular weight excluding hydrogens is 437 g/mol. The molecule has 0 spiro atoms. The number of hydrogen-bond donors (Lipinski definition) is 1. The van der Waals surface area contributed by atoms with Crippen LogP contribution in [0.5, 0.6) is 5.88 Å². The minimum absolute atomic E-state index is 0.192. The maximum Gasteiger partial charge on any atom is 0.233 e. The van der Waals surface area contributed by atoms with Gasteiger partial charge in [0.1, 0.15) is 5.82 Å². The summed E-state index contributed by atoms with van der Waals surface area (Å²) >= 11 is 9.35. The van der Waals surface area contributed by atoms with Crippen molar-refractivity contribution in [1.29, 1.82) is 0 Å². The average Bonchev–Trinajstić information content (AvgIpc) is 2.65. The Hall–Kier alpha value is -1.82. The molecule has 9 heteroatoms. The zero-order chi connectivity index (χ0) is 18.7. The average molecular weight is 453 g/mol. The molecule has 134 valence electrons. The Morgan fingerprint density at radius 3 is 2.62 bits per heavy atom. The highest BCUT2D eigenvalue weighted by molar-refractivity contribution is 9.10. The molecular formula is C17H16BrClN5OP. The van der Waals surface area contributed by atoms with Crippen molar-refractivity contribution in [1.82, 2.24) is 20.2 Å². The van der Waals surface area contributed by atoms with Crippen molar-refractivity contribution in [2.24, 2.45) is 0 Å². The van der Waals surface area contributed by atoms with Crippen LogP contribution in [0.1, 0.15) is 0 Å². The quantitative estimate of drug-likeness (QED) is 0.455. The first-order chi connectivity index (χ1) is 12.5. The second-order valence-corrected chi connectivity index (χ2v) is 9.01. The van der Waals surface area contributed by atoms with Crippen LogP contribution in [0.3, 0.4) is 0 Å². The molecule has 6 nitrogen and oxygen atoms in total. The van der Waals surface area contributed by atoms with Crippen LogP contribution in [-0.2, 0) is 0 Å². The molecule has 0 aliphatic rings. The fourth-order valence-corrected chi connectivity index (χ4v) is 3.74. The molecule has 0 radical (unpaired) electrons. The van der Waals surface area contributed by atoms with Gasteiger partial charge in [0.05, 0.1) is 17.3 Å². The fourth-order valence-electron chi connectivity index (χ4n) is 2.31. The van der Waals surface area contributed by atoms with E-state index in [0.717, 1.165) is 21.4 Å². The van der Waals surface area contributed by atoms with Gasteiger partial charge in [-0.25, -0.2) is 4.98 Å². The Morgan fingerprint density at radius 1 is 1.15 bits per heavy atom. The number of halogens is 2. The third-order valence-electron chi connectivity index (χ3n) is 3.59. The summed E-state index contributed by atoms with van der Waals surface area (Å²) in [4.78, 5) is 8.19. The number of nitrogens with zero attached hydrogens (tertiary/aromatic N) is 4. The highest BCUT2D eigenvalue weighted by Gasteiger charge is 2.12. The van der Waals surface area contributed by atoms with Gasteiger partial charge in [0.15, 0.2) is 0 Å². The molecule has 2 aromatic heterocycles. The molecule has 1 N–H and O–H groups in total. The van der Waals surface area contributed by atoms with Gasteiger partial charge in [0, 0.05) is 23.5 Å². The van der Waals surface area contributed by atoms with Gasteiger partial charge in [0.2, 0.25) is 11.2 Å². The van der Waals surface area contributed by atoms with E-state index in [-0.39, 0.29) is 13.2 Å². The maximum atomic E-state index is 5.91. The monoisotopic (exact) mass is 451 g/mol. The lowest BCUT2D eigenvalue weighted by molar-refractivity contribution is 0.392. The van der Waals surface area contributed by atoms with Crippen molar-refractivity contribution in [2.75, 3.05) is 25.8 Å². The molecule has 0 amide bonds. The van der Waals surface area contributed by atoms with E-state index in [1.54, 1.807) is 19.4 Å². The molecule has 0 aliphatic carbocycles. The third-order valence-corrected chi connectivity index (χ3v) is 5.69. The molecule has 3 aromatic rings. The first-order valence-corrected chi connectivity index (χ1v) is 11.0. The van der Waals surface area contributed by atoms with Crippen LogP contribution in [0.25, 0.3) is 11.3 Å². The molecule has 0 bridgehead atoms. The Kier molecular flexibility index (Phi) is 6.01. The van der Waals surface area contributed by atoms with Gasteiger partial charge in [-0.3, -0.25) is 0 Å². The van der Waals surface area contributed by atoms with Crippen LogP contribution in [-0.4, -0.2) is 40.6 Å². The Balaban J connectivity index is 1.97. The summed E-state index contributed by atoms with van der Waals surface area (Å²) in [5.41, 5.74) is 2.76. The van der Waals surface area contributed by atoms with Gasteiger partial charge in [0.25, 0.3) is 0 Å². The van der Waals surface area contributed by atoms with E-state index in [9.17, 15) is 0 Å². The van der Waals surface area contributed by atoms with E-state index in [1.807, 2.05) is 18.2 Å². The Labute approximate surface area is 166 Å². The van der Waals surface area contributed by atoms with Gasteiger partial charge in [-0.05, 0) is 64.4 Å². The van der Waals surface area contributed by atoms with Crippen LogP contribution in [0.4, 0.5) is 11.5 Å². The summed E-state index contributed by atoms with van der Waals surface area (Å²) < 4.78 is 5.81. The maximum absolute atomic E-state index is 5.91. The number of aromatic nitrogens is 4. The van der Waals surface area contributed by atoms with Crippen molar-refractivity contribution in [3.8, 4) is 17.1 Å². The Morgan fingerprint density at radius 2 is 1.96 bits per heavy atom. The first-order valence-electron chi connectivity index (χ1n) is 7.62. The minimum atomic E-state index is -0.373. The molecule has 0 saturated heterocycles. The first kappa shape index (κ1) is 19.0. The zero-order valence-electron chi connectivity index (χ0n) is 14.4. The molecule has 0 unspecified atom stereocenters. The number of rotatable bonds is 5. The number of ether oxygens (including phenoxy) is 1. The molecule has 0 atom stereocenters. The van der Waals surface area contributed by atoms with E-state index in [1.165, 1.54) is 5.30 Å². The molecule has 2 heterocycles. The second kappa shape index (κ2) is 8.25. The lowest BCUT2D eigenvalue weighted by atomic mass is 10.1. The largest absolute Gasteiger partial charge is 0.480 e. The molecule has 0 saturated carbocycles. The predicted octanol–water partition coefficient (Wildman–Crippen LogP) is 4.47. The van der Waals surface area contributed by atoms with Crippen molar-refractivity contribution in [3.63, 3.8) is 0 Å². The summed E-state index contributed by atoms with van der Waals surface area (Å²) in [6, 6.07) is 9.84. The highest BCUT2D eigenvalue weighted by Crippen LogP contribution is 2.33. The third kappa shape index (κ3) is 4.29. The van der Waals surface area contributed by atoms with Crippen molar-refractivity contribution in [2.45, 2.75) is 0 Å². The van der Waals surface area contributed by atoms with Crippen molar-refractivity contribution < 1.29 is 4.74 Å². The minimum Gasteiger partial charge on any atom is -0.480 e. The summed E-state index contributed by atoms with van der Waals surface area (Å²) in [5.74, 6) is 1.12. The molecule has 26 heavy (non-hydrogen) atoms. The molecule has 3 rings (SSSR count). The van der Waals surface area contributed by atoms with E-state index in [2.05, 4.69) is 60.8 Å². The van der Waals surface area contributed by atoms with Crippen LogP contribution >= 0.6 is 35.5 Å². The van der Waals surface area contributed by atoms with Crippen LogP contribution in [0.15, 0.2) is 41.0 Å². The predicted molar refractivity (Wildman–Crippen MR) is 110 cm³/mol. The van der Waals surface area contributed by atoms with Crippen LogP contribution in [0, 0.1) is 0 Å². The van der Waals surface area contributed by atoms with Gasteiger partial charge < -0.3 is 10.1 Å². The number of nitrogens with one attached hydrogen (secondary N) is 1. The summed E-state index contributed by atoms with van der Waals surface area (Å²) in [6.07, 6.45) is 1.62. The topological polar surface area (TPSA) is 72.8 Å². The lowest BCUT2D eigenvalue weighted by Gasteiger charge is -2.16. The lowest BCUT2D eigenvalue weighted by Crippen LogP contribution is -2.09. The highest BCUT2D eigenvalue weighted by atomic mass is 79.9. The van der Waals surface area contributed by atoms with E-state index in [4.69, 9.17) is 16.3 Å². The standard InChI is InChI=1S/C17H16BrClN5OP/c1-25-15-7-6-12(23-24-15)10-4-5-13(14(8-10)26(2)3)21-16-11(18)9-20-17(19)22-16/h4-9H,1-3H3,(H,20,21,22). The Bertz CT molecular complexity index is 924. The van der Waals surface area contributed by atoms with Gasteiger partial charge >= 0.3 is 0 Å². The zero-order valence-corrected chi connectivity index (χ0v) is 17.6. The van der Waals surface area contributed by atoms with Gasteiger partial charge in [-0.2, -0.15) is 4.98 Å².